The van der Waals surface area contributed by atoms with Gasteiger partial charge in [-0.05, 0) is 71.2 Å². The normalized spacial score (nSPS) is 14.9. The standard InChI is InChI=1S/C29H27BrN2O5S/c1-5-14-36-21-11-9-20(10-12-21)26-25(28(34)35-7-3)18(4)31-29-32(26)27(33)24(38-29)17-19-8-13-23(22(30)16-19)37-15-6-2/h5-6,8-13,16-17,26H,1-2,7,14-15H2,3-4H3/b24-17-/t26-/m1/s1. The molecular formula is C29H27BrN2O5S. The fraction of sp³-hybridized carbons (Fsp3) is 0.207. The number of hydrogen-bond acceptors (Lipinski definition) is 7. The lowest BCUT2D eigenvalue weighted by atomic mass is 9.96. The summed E-state index contributed by atoms with van der Waals surface area (Å²) < 4.78 is 19.4. The second-order valence-electron chi connectivity index (χ2n) is 8.26. The Morgan fingerprint density at radius 2 is 1.84 bits per heavy atom. The van der Waals surface area contributed by atoms with Crippen LogP contribution >= 0.6 is 27.3 Å². The first kappa shape index (κ1) is 27.3. The van der Waals surface area contributed by atoms with E-state index in [2.05, 4.69) is 34.1 Å². The SMILES string of the molecule is C=CCOc1ccc([C@@H]2C(C(=O)OCC)=C(C)N=c3s/c(=C\c4ccc(OCC=C)c(Br)c4)c(=O)n32)cc1. The highest BCUT2D eigenvalue weighted by Gasteiger charge is 2.33. The minimum atomic E-state index is -0.692. The number of ether oxygens (including phenoxy) is 3. The summed E-state index contributed by atoms with van der Waals surface area (Å²) in [6, 6.07) is 12.2. The summed E-state index contributed by atoms with van der Waals surface area (Å²) in [5.41, 5.74) is 2.15. The fourth-order valence-electron chi connectivity index (χ4n) is 4.03. The predicted octanol–water partition coefficient (Wildman–Crippen LogP) is 4.69. The minimum absolute atomic E-state index is 0.211. The second kappa shape index (κ2) is 12.2. The van der Waals surface area contributed by atoms with Crippen LogP contribution in [0.2, 0.25) is 0 Å². The van der Waals surface area contributed by atoms with Gasteiger partial charge in [0.15, 0.2) is 4.80 Å². The van der Waals surface area contributed by atoms with E-state index in [0.29, 0.717) is 45.3 Å². The van der Waals surface area contributed by atoms with Crippen LogP contribution in [0.1, 0.15) is 31.0 Å². The number of halogens is 1. The first-order valence-electron chi connectivity index (χ1n) is 11.9. The van der Waals surface area contributed by atoms with Gasteiger partial charge < -0.3 is 14.2 Å². The van der Waals surface area contributed by atoms with Gasteiger partial charge in [-0.2, -0.15) is 0 Å². The van der Waals surface area contributed by atoms with Crippen LogP contribution < -0.4 is 24.4 Å². The Bertz CT molecular complexity index is 1580. The first-order valence-corrected chi connectivity index (χ1v) is 13.6. The summed E-state index contributed by atoms with van der Waals surface area (Å²) >= 11 is 4.79. The molecule has 4 rings (SSSR count). The van der Waals surface area contributed by atoms with Crippen LogP contribution in [0.4, 0.5) is 0 Å². The van der Waals surface area contributed by atoms with E-state index in [1.165, 1.54) is 11.3 Å². The van der Waals surface area contributed by atoms with Crippen LogP contribution in [0.15, 0.2) is 93.3 Å². The quantitative estimate of drug-likeness (QED) is 0.251. The van der Waals surface area contributed by atoms with E-state index >= 15 is 0 Å². The van der Waals surface area contributed by atoms with Crippen molar-refractivity contribution in [1.29, 1.82) is 0 Å². The maximum atomic E-state index is 13.8. The van der Waals surface area contributed by atoms with Gasteiger partial charge in [0.25, 0.3) is 5.56 Å². The molecule has 0 aliphatic carbocycles. The fourth-order valence-corrected chi connectivity index (χ4v) is 5.59. The van der Waals surface area contributed by atoms with Gasteiger partial charge in [0, 0.05) is 0 Å². The van der Waals surface area contributed by atoms with E-state index in [9.17, 15) is 9.59 Å². The monoisotopic (exact) mass is 594 g/mol. The molecule has 1 aliphatic rings. The van der Waals surface area contributed by atoms with Gasteiger partial charge in [0.2, 0.25) is 0 Å². The molecule has 1 aliphatic heterocycles. The Hall–Kier alpha value is -3.69. The summed E-state index contributed by atoms with van der Waals surface area (Å²) in [5, 5.41) is 0. The molecule has 1 aromatic heterocycles. The van der Waals surface area contributed by atoms with Crippen molar-refractivity contribution < 1.29 is 19.0 Å². The lowest BCUT2D eigenvalue weighted by Gasteiger charge is -2.24. The third-order valence-corrected chi connectivity index (χ3v) is 7.29. The average Bonchev–Trinajstić information content (AvgIpc) is 3.20. The number of carbonyl (C=O) groups excluding carboxylic acids is 1. The van der Waals surface area contributed by atoms with E-state index in [4.69, 9.17) is 14.2 Å². The summed E-state index contributed by atoms with van der Waals surface area (Å²) in [5.74, 6) is 0.836. The molecule has 0 bridgehead atoms. The predicted molar refractivity (Wildman–Crippen MR) is 152 cm³/mol. The number of fused-ring (bicyclic) bond motifs is 1. The molecule has 2 heterocycles. The molecule has 0 amide bonds. The number of aromatic nitrogens is 1. The number of rotatable bonds is 10. The van der Waals surface area contributed by atoms with Crippen molar-refractivity contribution in [2.75, 3.05) is 19.8 Å². The third-order valence-electron chi connectivity index (χ3n) is 5.69. The van der Waals surface area contributed by atoms with Gasteiger partial charge >= 0.3 is 5.97 Å². The Balaban J connectivity index is 1.83. The molecule has 1 atom stereocenters. The number of benzene rings is 2. The van der Waals surface area contributed by atoms with Gasteiger partial charge in [-0.3, -0.25) is 9.36 Å². The highest BCUT2D eigenvalue weighted by atomic mass is 79.9. The molecular weight excluding hydrogens is 568 g/mol. The van der Waals surface area contributed by atoms with Crippen LogP contribution in [0.3, 0.4) is 0 Å². The zero-order chi connectivity index (χ0) is 27.2. The largest absolute Gasteiger partial charge is 0.490 e. The Morgan fingerprint density at radius 3 is 2.50 bits per heavy atom. The van der Waals surface area contributed by atoms with Gasteiger partial charge in [0.1, 0.15) is 24.7 Å². The van der Waals surface area contributed by atoms with Crippen molar-refractivity contribution >= 4 is 39.3 Å². The molecule has 3 aromatic rings. The van der Waals surface area contributed by atoms with E-state index in [0.717, 1.165) is 15.6 Å². The number of carbonyl (C=O) groups is 1. The maximum absolute atomic E-state index is 13.8. The maximum Gasteiger partial charge on any atom is 0.338 e. The van der Waals surface area contributed by atoms with E-state index in [1.54, 1.807) is 48.8 Å². The van der Waals surface area contributed by atoms with Crippen molar-refractivity contribution in [3.8, 4) is 11.5 Å². The number of thiazole rings is 1. The second-order valence-corrected chi connectivity index (χ2v) is 10.1. The lowest BCUT2D eigenvalue weighted by molar-refractivity contribution is -0.139. The Kier molecular flexibility index (Phi) is 8.81. The van der Waals surface area contributed by atoms with Crippen LogP contribution in [0.25, 0.3) is 6.08 Å². The molecule has 0 saturated heterocycles. The number of esters is 1. The number of allylic oxidation sites excluding steroid dienone is 1. The Labute approximate surface area is 232 Å². The molecule has 0 fully saturated rings. The summed E-state index contributed by atoms with van der Waals surface area (Å²) in [4.78, 5) is 31.9. The third kappa shape index (κ3) is 5.74. The summed E-state index contributed by atoms with van der Waals surface area (Å²) in [6.45, 7) is 11.8. The number of hydrogen-bond donors (Lipinski definition) is 0. The molecule has 38 heavy (non-hydrogen) atoms. The first-order chi connectivity index (χ1) is 18.4. The highest BCUT2D eigenvalue weighted by Crippen LogP contribution is 2.32. The van der Waals surface area contributed by atoms with Crippen molar-refractivity contribution in [2.24, 2.45) is 4.99 Å². The van der Waals surface area contributed by atoms with E-state index < -0.39 is 12.0 Å². The van der Waals surface area contributed by atoms with E-state index in [1.807, 2.05) is 30.3 Å². The van der Waals surface area contributed by atoms with Crippen molar-refractivity contribution in [1.82, 2.24) is 4.57 Å². The Morgan fingerprint density at radius 1 is 1.13 bits per heavy atom. The molecule has 196 valence electrons. The van der Waals surface area contributed by atoms with Crippen LogP contribution in [0, 0.1) is 0 Å². The molecule has 0 spiro atoms. The zero-order valence-corrected chi connectivity index (χ0v) is 23.5. The van der Waals surface area contributed by atoms with Gasteiger partial charge in [-0.15, -0.1) is 0 Å². The average molecular weight is 596 g/mol. The number of nitrogens with zero attached hydrogens (tertiary/aromatic N) is 2. The molecule has 0 N–H and O–H groups in total. The lowest BCUT2D eigenvalue weighted by Crippen LogP contribution is -2.39. The molecule has 0 radical (unpaired) electrons. The summed E-state index contributed by atoms with van der Waals surface area (Å²) in [6.07, 6.45) is 5.14. The molecule has 0 saturated carbocycles. The zero-order valence-electron chi connectivity index (χ0n) is 21.1. The summed E-state index contributed by atoms with van der Waals surface area (Å²) in [7, 11) is 0. The van der Waals surface area contributed by atoms with E-state index in [-0.39, 0.29) is 12.2 Å². The topological polar surface area (TPSA) is 79.1 Å². The van der Waals surface area contributed by atoms with Gasteiger partial charge in [-0.25, -0.2) is 9.79 Å². The van der Waals surface area contributed by atoms with Gasteiger partial charge in [0.05, 0.1) is 32.9 Å². The highest BCUT2D eigenvalue weighted by molar-refractivity contribution is 9.10. The van der Waals surface area contributed by atoms with Crippen LogP contribution in [0.5, 0.6) is 11.5 Å². The molecule has 7 nitrogen and oxygen atoms in total. The molecule has 2 aromatic carbocycles. The minimum Gasteiger partial charge on any atom is -0.490 e. The molecule has 9 heteroatoms. The molecule has 0 unspecified atom stereocenters. The van der Waals surface area contributed by atoms with Crippen molar-refractivity contribution in [3.05, 3.63) is 114 Å². The van der Waals surface area contributed by atoms with Gasteiger partial charge in [-0.1, -0.05) is 54.8 Å². The smallest absolute Gasteiger partial charge is 0.338 e. The van der Waals surface area contributed by atoms with Crippen molar-refractivity contribution in [3.63, 3.8) is 0 Å². The van der Waals surface area contributed by atoms with Crippen LogP contribution in [-0.2, 0) is 9.53 Å². The van der Waals surface area contributed by atoms with Crippen molar-refractivity contribution in [2.45, 2.75) is 19.9 Å². The van der Waals surface area contributed by atoms with Crippen LogP contribution in [-0.4, -0.2) is 30.4 Å².